The summed E-state index contributed by atoms with van der Waals surface area (Å²) in [7, 11) is 0. The van der Waals surface area contributed by atoms with Gasteiger partial charge in [-0.15, -0.1) is 5.10 Å². The van der Waals surface area contributed by atoms with Gasteiger partial charge in [-0.2, -0.15) is 0 Å². The van der Waals surface area contributed by atoms with Gasteiger partial charge >= 0.3 is 0 Å². The molecule has 1 saturated carbocycles. The van der Waals surface area contributed by atoms with E-state index in [-0.39, 0.29) is 5.91 Å². The van der Waals surface area contributed by atoms with Gasteiger partial charge < -0.3 is 15.5 Å². The van der Waals surface area contributed by atoms with Crippen LogP contribution in [0.3, 0.4) is 0 Å². The molecule has 2 N–H and O–H groups in total. The van der Waals surface area contributed by atoms with E-state index in [9.17, 15) is 4.79 Å². The molecule has 4 aromatic rings. The van der Waals surface area contributed by atoms with E-state index < -0.39 is 0 Å². The third-order valence-electron chi connectivity index (χ3n) is 6.97. The first-order valence-corrected chi connectivity index (χ1v) is 12.9. The summed E-state index contributed by atoms with van der Waals surface area (Å²) >= 11 is 0. The quantitative estimate of drug-likeness (QED) is 0.366. The van der Waals surface area contributed by atoms with E-state index in [0.29, 0.717) is 11.3 Å². The van der Waals surface area contributed by atoms with E-state index in [4.69, 9.17) is 0 Å². The molecular weight excluding hydrogens is 464 g/mol. The highest BCUT2D eigenvalue weighted by atomic mass is 16.1. The lowest BCUT2D eigenvalue weighted by atomic mass is 10.1. The van der Waals surface area contributed by atoms with Gasteiger partial charge in [0.25, 0.3) is 5.91 Å². The van der Waals surface area contributed by atoms with Crippen LogP contribution in [0.25, 0.3) is 16.9 Å². The highest BCUT2D eigenvalue weighted by Crippen LogP contribution is 2.29. The van der Waals surface area contributed by atoms with Gasteiger partial charge in [-0.25, -0.2) is 14.6 Å². The summed E-state index contributed by atoms with van der Waals surface area (Å²) in [6, 6.07) is 13.4. The molecule has 0 spiro atoms. The zero-order valence-corrected chi connectivity index (χ0v) is 20.9. The van der Waals surface area contributed by atoms with E-state index in [1.807, 2.05) is 55.7 Å². The van der Waals surface area contributed by atoms with Crippen molar-refractivity contribution < 1.29 is 4.79 Å². The number of rotatable bonds is 8. The molecule has 0 atom stereocenters. The number of amides is 1. The molecule has 0 radical (unpaired) electrons. The first kappa shape index (κ1) is 23.1. The fraction of sp³-hybridized carbons (Fsp3) is 0.321. The van der Waals surface area contributed by atoms with Crippen LogP contribution in [0.1, 0.15) is 41.6 Å². The number of carbonyl (C=O) groups is 1. The van der Waals surface area contributed by atoms with Crippen LogP contribution in [0.4, 0.5) is 17.3 Å². The number of nitrogens with one attached hydrogen (secondary N) is 2. The second kappa shape index (κ2) is 10.0. The highest BCUT2D eigenvalue weighted by molar-refractivity contribution is 6.04. The number of hydrogen-bond donors (Lipinski definition) is 2. The van der Waals surface area contributed by atoms with Crippen molar-refractivity contribution in [3.63, 3.8) is 0 Å². The van der Waals surface area contributed by atoms with Gasteiger partial charge in [-0.05, 0) is 80.5 Å². The van der Waals surface area contributed by atoms with Gasteiger partial charge in [0.05, 0.1) is 11.9 Å². The lowest BCUT2D eigenvalue weighted by Crippen LogP contribution is -2.20. The largest absolute Gasteiger partial charge is 0.370 e. The smallest absolute Gasteiger partial charge is 0.255 e. The van der Waals surface area contributed by atoms with Crippen LogP contribution < -0.4 is 15.5 Å². The van der Waals surface area contributed by atoms with Crippen LogP contribution in [0, 0.1) is 12.8 Å². The molecule has 4 heterocycles. The Kier molecular flexibility index (Phi) is 6.26. The summed E-state index contributed by atoms with van der Waals surface area (Å²) in [5, 5.41) is 15.1. The third kappa shape index (κ3) is 5.30. The molecule has 1 aromatic carbocycles. The van der Waals surface area contributed by atoms with Gasteiger partial charge in [0.15, 0.2) is 0 Å². The van der Waals surface area contributed by atoms with Gasteiger partial charge in [-0.1, -0.05) is 11.3 Å². The van der Waals surface area contributed by atoms with Crippen LogP contribution in [0.2, 0.25) is 0 Å². The summed E-state index contributed by atoms with van der Waals surface area (Å²) in [5.41, 5.74) is 4.78. The van der Waals surface area contributed by atoms with Crippen LogP contribution >= 0.6 is 0 Å². The first-order chi connectivity index (χ1) is 18.1. The number of benzene rings is 1. The summed E-state index contributed by atoms with van der Waals surface area (Å²) in [6.45, 7) is 4.96. The number of nitrogens with zero attached hydrogens (tertiary/aromatic N) is 6. The molecule has 2 aliphatic rings. The number of pyridine rings is 2. The number of carbonyl (C=O) groups excluding carboxylic acids is 1. The van der Waals surface area contributed by atoms with Gasteiger partial charge in [0, 0.05) is 48.8 Å². The second-order valence-electron chi connectivity index (χ2n) is 9.86. The highest BCUT2D eigenvalue weighted by Gasteiger charge is 2.21. The summed E-state index contributed by atoms with van der Waals surface area (Å²) in [6.07, 6.45) is 10.3. The summed E-state index contributed by atoms with van der Waals surface area (Å²) in [5.74, 6) is 2.36. The van der Waals surface area contributed by atoms with Gasteiger partial charge in [0.2, 0.25) is 0 Å². The molecule has 37 heavy (non-hydrogen) atoms. The SMILES string of the molecule is Cc1ccc(NC(=O)c2ccnc(N3CCCC3)c2)cc1-n1cc(-c2ccc(NCC3CC3)nc2)nn1. The molecule has 1 aliphatic carbocycles. The maximum atomic E-state index is 13.0. The first-order valence-electron chi connectivity index (χ1n) is 12.9. The third-order valence-corrected chi connectivity index (χ3v) is 6.97. The number of aromatic nitrogens is 5. The van der Waals surface area contributed by atoms with E-state index in [2.05, 4.69) is 35.8 Å². The van der Waals surface area contributed by atoms with Crippen molar-refractivity contribution in [2.45, 2.75) is 32.6 Å². The van der Waals surface area contributed by atoms with E-state index in [1.54, 1.807) is 16.9 Å². The number of anilines is 3. The van der Waals surface area contributed by atoms with Crippen LogP contribution in [0.15, 0.2) is 61.1 Å². The Hall–Kier alpha value is -4.27. The Morgan fingerprint density at radius 1 is 1.05 bits per heavy atom. The fourth-order valence-corrected chi connectivity index (χ4v) is 4.55. The fourth-order valence-electron chi connectivity index (χ4n) is 4.55. The van der Waals surface area contributed by atoms with Crippen LogP contribution in [-0.2, 0) is 0 Å². The van der Waals surface area contributed by atoms with Crippen molar-refractivity contribution >= 4 is 23.2 Å². The zero-order valence-electron chi connectivity index (χ0n) is 20.9. The minimum Gasteiger partial charge on any atom is -0.370 e. The molecule has 0 unspecified atom stereocenters. The van der Waals surface area contributed by atoms with Crippen LogP contribution in [0.5, 0.6) is 0 Å². The Morgan fingerprint density at radius 3 is 2.70 bits per heavy atom. The standard InChI is InChI=1S/C28H30N8O/c1-19-4-8-23(32-28(37)21-10-11-29-27(14-21)35-12-2-3-13-35)15-25(19)36-18-24(33-34-36)22-7-9-26(31-17-22)30-16-20-5-6-20/h4,7-11,14-15,17-18,20H,2-3,5-6,12-13,16H2,1H3,(H,30,31)(H,32,37). The summed E-state index contributed by atoms with van der Waals surface area (Å²) < 4.78 is 1.73. The molecule has 188 valence electrons. The Bertz CT molecular complexity index is 1400. The Morgan fingerprint density at radius 2 is 1.92 bits per heavy atom. The van der Waals surface area contributed by atoms with Crippen molar-refractivity contribution in [2.24, 2.45) is 5.92 Å². The molecule has 9 heteroatoms. The van der Waals surface area contributed by atoms with Crippen LogP contribution in [-0.4, -0.2) is 50.5 Å². The summed E-state index contributed by atoms with van der Waals surface area (Å²) in [4.78, 5) is 24.2. The monoisotopic (exact) mass is 494 g/mol. The Labute approximate surface area is 215 Å². The number of aryl methyl sites for hydroxylation is 1. The van der Waals surface area contributed by atoms with Crippen molar-refractivity contribution in [1.29, 1.82) is 0 Å². The molecule has 6 rings (SSSR count). The lowest BCUT2D eigenvalue weighted by Gasteiger charge is -2.16. The maximum Gasteiger partial charge on any atom is 0.255 e. The second-order valence-corrected chi connectivity index (χ2v) is 9.86. The van der Waals surface area contributed by atoms with E-state index in [0.717, 1.165) is 72.5 Å². The molecule has 2 fully saturated rings. The minimum absolute atomic E-state index is 0.168. The molecule has 1 amide bonds. The molecule has 0 bridgehead atoms. The van der Waals surface area contributed by atoms with Gasteiger partial charge in [-0.3, -0.25) is 4.79 Å². The molecule has 1 saturated heterocycles. The Balaban J connectivity index is 1.16. The van der Waals surface area contributed by atoms with Crippen molar-refractivity contribution in [2.75, 3.05) is 35.2 Å². The molecule has 3 aromatic heterocycles. The zero-order chi connectivity index (χ0) is 25.2. The van der Waals surface area contributed by atoms with E-state index in [1.165, 1.54) is 12.8 Å². The average molecular weight is 495 g/mol. The number of hydrogen-bond acceptors (Lipinski definition) is 7. The lowest BCUT2D eigenvalue weighted by molar-refractivity contribution is 0.102. The topological polar surface area (TPSA) is 101 Å². The minimum atomic E-state index is -0.168. The van der Waals surface area contributed by atoms with Gasteiger partial charge in [0.1, 0.15) is 17.3 Å². The molecule has 1 aliphatic heterocycles. The van der Waals surface area contributed by atoms with E-state index >= 15 is 0 Å². The average Bonchev–Trinajstić information content (AvgIpc) is 3.37. The molecule has 9 nitrogen and oxygen atoms in total. The van der Waals surface area contributed by atoms with Crippen molar-refractivity contribution in [3.8, 4) is 16.9 Å². The predicted octanol–water partition coefficient (Wildman–Crippen LogP) is 4.71. The normalized spacial score (nSPS) is 15.1. The van der Waals surface area contributed by atoms with Crippen molar-refractivity contribution in [3.05, 3.63) is 72.2 Å². The molecular formula is C28H30N8O. The van der Waals surface area contributed by atoms with Crippen molar-refractivity contribution in [1.82, 2.24) is 25.0 Å². The predicted molar refractivity (Wildman–Crippen MR) is 144 cm³/mol. The maximum absolute atomic E-state index is 13.0.